The van der Waals surface area contributed by atoms with Crippen molar-refractivity contribution in [3.63, 3.8) is 0 Å². The van der Waals surface area contributed by atoms with Crippen molar-refractivity contribution in [2.45, 2.75) is 13.0 Å². The molecule has 17 heavy (non-hydrogen) atoms. The lowest BCUT2D eigenvalue weighted by Crippen LogP contribution is -2.25. The molecule has 0 fully saturated rings. The fourth-order valence-electron chi connectivity index (χ4n) is 1.41. The summed E-state index contributed by atoms with van der Waals surface area (Å²) in [6, 6.07) is 1.03. The Labute approximate surface area is 98.9 Å². The number of nitrogens with zero attached hydrogens (tertiary/aromatic N) is 2. The first-order chi connectivity index (χ1) is 7.79. The second-order valence-corrected chi connectivity index (χ2v) is 5.97. The first-order valence-electron chi connectivity index (χ1n) is 4.82. The highest BCUT2D eigenvalue weighted by atomic mass is 32.2. The lowest BCUT2D eigenvalue weighted by Gasteiger charge is -2.13. The first kappa shape index (κ1) is 13.4. The van der Waals surface area contributed by atoms with Gasteiger partial charge in [-0.05, 0) is 13.0 Å². The Morgan fingerprint density at radius 1 is 1.59 bits per heavy atom. The van der Waals surface area contributed by atoms with Crippen molar-refractivity contribution < 1.29 is 13.3 Å². The Bertz CT molecular complexity index is 515. The number of nitrogens with one attached hydrogen (secondary N) is 1. The van der Waals surface area contributed by atoms with E-state index in [2.05, 4.69) is 10.3 Å². The molecule has 7 nitrogen and oxygen atoms in total. The van der Waals surface area contributed by atoms with Gasteiger partial charge >= 0.3 is 5.69 Å². The molecule has 0 spiro atoms. The average molecular weight is 259 g/mol. The standard InChI is InChI=1S/C9H13N3O4S/c1-7(6-17(2,15)16)11-8-3-4-10-5-9(8)12(13)14/h3-5,7H,6H2,1-2H3,(H,10,11). The molecule has 1 heterocycles. The summed E-state index contributed by atoms with van der Waals surface area (Å²) < 4.78 is 22.1. The number of rotatable bonds is 5. The van der Waals surface area contributed by atoms with E-state index in [0.29, 0.717) is 0 Å². The molecule has 1 atom stereocenters. The van der Waals surface area contributed by atoms with E-state index in [-0.39, 0.29) is 17.1 Å². The quantitative estimate of drug-likeness (QED) is 0.620. The molecule has 1 aromatic rings. The van der Waals surface area contributed by atoms with Crippen molar-refractivity contribution >= 4 is 21.2 Å². The van der Waals surface area contributed by atoms with Crippen LogP contribution in [0.25, 0.3) is 0 Å². The SMILES string of the molecule is CC(CS(C)(=O)=O)Nc1ccncc1[N+](=O)[O-]. The molecule has 0 aromatic carbocycles. The topological polar surface area (TPSA) is 102 Å². The van der Waals surface area contributed by atoms with Gasteiger partial charge in [0.15, 0.2) is 0 Å². The number of hydrogen-bond acceptors (Lipinski definition) is 6. The average Bonchev–Trinajstić information content (AvgIpc) is 2.14. The molecule has 0 aliphatic rings. The van der Waals surface area contributed by atoms with E-state index >= 15 is 0 Å². The second-order valence-electron chi connectivity index (χ2n) is 3.79. The van der Waals surface area contributed by atoms with Crippen molar-refractivity contribution in [3.8, 4) is 0 Å². The predicted molar refractivity (Wildman–Crippen MR) is 63.7 cm³/mol. The van der Waals surface area contributed by atoms with Gasteiger partial charge in [0.1, 0.15) is 21.7 Å². The van der Waals surface area contributed by atoms with E-state index in [9.17, 15) is 18.5 Å². The Morgan fingerprint density at radius 2 is 2.24 bits per heavy atom. The van der Waals surface area contributed by atoms with Gasteiger partial charge in [0.25, 0.3) is 0 Å². The zero-order chi connectivity index (χ0) is 13.1. The number of sulfone groups is 1. The maximum Gasteiger partial charge on any atom is 0.310 e. The molecule has 1 rings (SSSR count). The van der Waals surface area contributed by atoms with Gasteiger partial charge in [0.05, 0.1) is 10.7 Å². The molecule has 94 valence electrons. The van der Waals surface area contributed by atoms with E-state index in [1.807, 2.05) is 0 Å². The molecule has 0 radical (unpaired) electrons. The third kappa shape index (κ3) is 4.35. The van der Waals surface area contributed by atoms with Gasteiger partial charge in [-0.1, -0.05) is 0 Å². The highest BCUT2D eigenvalue weighted by Crippen LogP contribution is 2.22. The summed E-state index contributed by atoms with van der Waals surface area (Å²) in [4.78, 5) is 13.8. The zero-order valence-corrected chi connectivity index (χ0v) is 10.3. The molecule has 0 saturated heterocycles. The van der Waals surface area contributed by atoms with Crippen molar-refractivity contribution in [3.05, 3.63) is 28.6 Å². The lowest BCUT2D eigenvalue weighted by atomic mass is 10.3. The minimum Gasteiger partial charge on any atom is -0.376 e. The predicted octanol–water partition coefficient (Wildman–Crippen LogP) is 0.835. The first-order valence-corrected chi connectivity index (χ1v) is 6.88. The third-order valence-electron chi connectivity index (χ3n) is 1.95. The van der Waals surface area contributed by atoms with Gasteiger partial charge in [0.2, 0.25) is 0 Å². The molecule has 0 amide bonds. The van der Waals surface area contributed by atoms with Crippen molar-refractivity contribution in [2.75, 3.05) is 17.3 Å². The molecule has 1 aromatic heterocycles. The minimum atomic E-state index is -3.12. The molecule has 0 aliphatic carbocycles. The molecular formula is C9H13N3O4S. The monoisotopic (exact) mass is 259 g/mol. The largest absolute Gasteiger partial charge is 0.376 e. The Kier molecular flexibility index (Phi) is 4.00. The Balaban J connectivity index is 2.85. The summed E-state index contributed by atoms with van der Waals surface area (Å²) in [5.41, 5.74) is 0.0917. The fourth-order valence-corrected chi connectivity index (χ4v) is 2.41. The Hall–Kier alpha value is -1.70. The van der Waals surface area contributed by atoms with Crippen LogP contribution in [0.5, 0.6) is 0 Å². The number of hydrogen-bond donors (Lipinski definition) is 1. The summed E-state index contributed by atoms with van der Waals surface area (Å²) >= 11 is 0. The third-order valence-corrected chi connectivity index (χ3v) is 3.06. The number of nitro groups is 1. The van der Waals surface area contributed by atoms with Gasteiger partial charge in [-0.15, -0.1) is 0 Å². The van der Waals surface area contributed by atoms with Crippen LogP contribution in [0.1, 0.15) is 6.92 Å². The molecular weight excluding hydrogens is 246 g/mol. The van der Waals surface area contributed by atoms with Crippen molar-refractivity contribution in [2.24, 2.45) is 0 Å². The summed E-state index contributed by atoms with van der Waals surface area (Å²) in [5, 5.41) is 13.5. The maximum absolute atomic E-state index is 11.1. The minimum absolute atomic E-state index is 0.0908. The molecule has 8 heteroatoms. The normalized spacial score (nSPS) is 13.1. The van der Waals surface area contributed by atoms with Crippen LogP contribution in [0.4, 0.5) is 11.4 Å². The second kappa shape index (κ2) is 5.09. The van der Waals surface area contributed by atoms with Gasteiger partial charge in [-0.2, -0.15) is 0 Å². The smallest absolute Gasteiger partial charge is 0.310 e. The van der Waals surface area contributed by atoms with Crippen LogP contribution in [0.2, 0.25) is 0 Å². The summed E-state index contributed by atoms with van der Waals surface area (Å²) in [7, 11) is -3.12. The summed E-state index contributed by atoms with van der Waals surface area (Å²) in [6.45, 7) is 1.64. The van der Waals surface area contributed by atoms with Crippen LogP contribution >= 0.6 is 0 Å². The maximum atomic E-state index is 11.1. The molecule has 1 N–H and O–H groups in total. The molecule has 0 aliphatic heterocycles. The van der Waals surface area contributed by atoms with Crippen LogP contribution in [0, 0.1) is 10.1 Å². The molecule has 1 unspecified atom stereocenters. The number of pyridine rings is 1. The van der Waals surface area contributed by atoms with Gasteiger partial charge in [-0.3, -0.25) is 15.1 Å². The van der Waals surface area contributed by atoms with E-state index in [0.717, 1.165) is 12.5 Å². The van der Waals surface area contributed by atoms with Crippen molar-refractivity contribution in [1.82, 2.24) is 4.98 Å². The van der Waals surface area contributed by atoms with Gasteiger partial charge < -0.3 is 5.32 Å². The van der Waals surface area contributed by atoms with E-state index in [4.69, 9.17) is 0 Å². The van der Waals surface area contributed by atoms with Crippen molar-refractivity contribution in [1.29, 1.82) is 0 Å². The highest BCUT2D eigenvalue weighted by Gasteiger charge is 2.17. The van der Waals surface area contributed by atoms with Gasteiger partial charge in [-0.25, -0.2) is 8.42 Å². The zero-order valence-electron chi connectivity index (χ0n) is 9.45. The Morgan fingerprint density at radius 3 is 2.76 bits per heavy atom. The summed E-state index contributed by atoms with van der Waals surface area (Å²) in [6.07, 6.45) is 3.64. The molecule has 0 saturated carbocycles. The number of aromatic nitrogens is 1. The highest BCUT2D eigenvalue weighted by molar-refractivity contribution is 7.90. The lowest BCUT2D eigenvalue weighted by molar-refractivity contribution is -0.384. The van der Waals surface area contributed by atoms with Crippen LogP contribution in [-0.4, -0.2) is 36.4 Å². The summed E-state index contributed by atoms with van der Waals surface area (Å²) in [5.74, 6) is -0.0908. The molecule has 0 bridgehead atoms. The van der Waals surface area contributed by atoms with E-state index < -0.39 is 20.8 Å². The van der Waals surface area contributed by atoms with Gasteiger partial charge in [0, 0.05) is 18.5 Å². The van der Waals surface area contributed by atoms with Crippen LogP contribution < -0.4 is 5.32 Å². The fraction of sp³-hybridized carbons (Fsp3) is 0.444. The van der Waals surface area contributed by atoms with Crippen LogP contribution in [0.3, 0.4) is 0 Å². The number of anilines is 1. The van der Waals surface area contributed by atoms with Crippen LogP contribution in [0.15, 0.2) is 18.5 Å². The van der Waals surface area contributed by atoms with E-state index in [1.165, 1.54) is 12.3 Å². The van der Waals surface area contributed by atoms with Crippen LogP contribution in [-0.2, 0) is 9.84 Å². The van der Waals surface area contributed by atoms with E-state index in [1.54, 1.807) is 6.92 Å².